The summed E-state index contributed by atoms with van der Waals surface area (Å²) in [5.74, 6) is -0.800. The van der Waals surface area contributed by atoms with Crippen molar-refractivity contribution in [2.45, 2.75) is 42.3 Å². The number of thiazole rings is 1. The number of hydrogen-bond donors (Lipinski definition) is 2. The summed E-state index contributed by atoms with van der Waals surface area (Å²) >= 11 is 3.21. The predicted octanol–water partition coefficient (Wildman–Crippen LogP) is 2.47. The van der Waals surface area contributed by atoms with Crippen LogP contribution in [0.5, 0.6) is 0 Å². The minimum atomic E-state index is -0.863. The molecule has 4 nitrogen and oxygen atoms in total. The van der Waals surface area contributed by atoms with Gasteiger partial charge >= 0.3 is 5.97 Å². The third-order valence-corrected chi connectivity index (χ3v) is 4.46. The van der Waals surface area contributed by atoms with Gasteiger partial charge in [-0.15, -0.1) is 11.3 Å². The Bertz CT molecular complexity index is 356. The van der Waals surface area contributed by atoms with Crippen LogP contribution in [0, 0.1) is 0 Å². The molecule has 0 bridgehead atoms. The number of thioether (sulfide) groups is 1. The van der Waals surface area contributed by atoms with Crippen molar-refractivity contribution in [1.29, 1.82) is 0 Å². The summed E-state index contributed by atoms with van der Waals surface area (Å²) in [6, 6.07) is 0. The van der Waals surface area contributed by atoms with Crippen LogP contribution in [-0.4, -0.2) is 33.4 Å². The largest absolute Gasteiger partial charge is 0.480 e. The predicted molar refractivity (Wildman–Crippen MR) is 71.8 cm³/mol. The highest BCUT2D eigenvalue weighted by Crippen LogP contribution is 2.30. The van der Waals surface area contributed by atoms with E-state index in [-0.39, 0.29) is 5.25 Å². The standard InChI is InChI=1S/C11H18N2O2S2/c1-4-13-11(3,9(14)15)7-8(2)17-10-12-5-6-16-10/h5-6,8,13H,4,7H2,1-3H3,(H,14,15). The summed E-state index contributed by atoms with van der Waals surface area (Å²) in [5.41, 5.74) is -0.863. The van der Waals surface area contributed by atoms with Crippen LogP contribution in [0.4, 0.5) is 0 Å². The lowest BCUT2D eigenvalue weighted by atomic mass is 9.96. The molecule has 0 spiro atoms. The SMILES string of the molecule is CCNC(C)(CC(C)Sc1nccs1)C(=O)O. The number of nitrogens with one attached hydrogen (secondary N) is 1. The third-order valence-electron chi connectivity index (χ3n) is 2.45. The first-order valence-corrected chi connectivity index (χ1v) is 7.28. The maximum absolute atomic E-state index is 11.3. The van der Waals surface area contributed by atoms with Crippen LogP contribution in [-0.2, 0) is 4.79 Å². The van der Waals surface area contributed by atoms with Crippen molar-refractivity contribution in [1.82, 2.24) is 10.3 Å². The zero-order chi connectivity index (χ0) is 12.9. The normalized spacial score (nSPS) is 16.4. The third kappa shape index (κ3) is 4.29. The maximum Gasteiger partial charge on any atom is 0.323 e. The molecule has 0 radical (unpaired) electrons. The minimum Gasteiger partial charge on any atom is -0.480 e. The van der Waals surface area contributed by atoms with Crippen LogP contribution in [0.3, 0.4) is 0 Å². The molecule has 6 heteroatoms. The fraction of sp³-hybridized carbons (Fsp3) is 0.636. The van der Waals surface area contributed by atoms with E-state index in [4.69, 9.17) is 0 Å². The van der Waals surface area contributed by atoms with Gasteiger partial charge in [0.1, 0.15) is 9.88 Å². The van der Waals surface area contributed by atoms with E-state index in [0.29, 0.717) is 13.0 Å². The second-order valence-corrected chi connectivity index (χ2v) is 6.68. The average Bonchev–Trinajstić information content (AvgIpc) is 2.70. The molecule has 2 N–H and O–H groups in total. The summed E-state index contributed by atoms with van der Waals surface area (Å²) in [6.07, 6.45) is 2.33. The molecular weight excluding hydrogens is 256 g/mol. The number of aromatic nitrogens is 1. The van der Waals surface area contributed by atoms with Gasteiger partial charge in [0.15, 0.2) is 0 Å². The van der Waals surface area contributed by atoms with E-state index < -0.39 is 11.5 Å². The summed E-state index contributed by atoms with van der Waals surface area (Å²) in [7, 11) is 0. The molecule has 0 aliphatic carbocycles. The molecule has 0 amide bonds. The fourth-order valence-electron chi connectivity index (χ4n) is 1.68. The van der Waals surface area contributed by atoms with E-state index in [0.717, 1.165) is 4.34 Å². The Labute approximate surface area is 110 Å². The molecule has 0 aliphatic heterocycles. The van der Waals surface area contributed by atoms with Gasteiger partial charge in [-0.25, -0.2) is 4.98 Å². The molecule has 1 aromatic rings. The van der Waals surface area contributed by atoms with Gasteiger partial charge in [0.25, 0.3) is 0 Å². The molecule has 0 fully saturated rings. The highest BCUT2D eigenvalue weighted by atomic mass is 32.2. The summed E-state index contributed by atoms with van der Waals surface area (Å²) in [6.45, 7) is 6.33. The molecular formula is C11H18N2O2S2. The molecule has 0 aromatic carbocycles. The van der Waals surface area contributed by atoms with Crippen LogP contribution >= 0.6 is 23.1 Å². The smallest absolute Gasteiger partial charge is 0.323 e. The monoisotopic (exact) mass is 274 g/mol. The van der Waals surface area contributed by atoms with Gasteiger partial charge in [-0.1, -0.05) is 25.6 Å². The molecule has 2 unspecified atom stereocenters. The molecule has 2 atom stereocenters. The molecule has 1 aromatic heterocycles. The number of carbonyl (C=O) groups is 1. The number of hydrogen-bond acceptors (Lipinski definition) is 5. The van der Waals surface area contributed by atoms with Gasteiger partial charge in [-0.05, 0) is 19.9 Å². The van der Waals surface area contributed by atoms with Crippen LogP contribution in [0.25, 0.3) is 0 Å². The lowest BCUT2D eigenvalue weighted by molar-refractivity contribution is -0.144. The van der Waals surface area contributed by atoms with E-state index >= 15 is 0 Å². The first-order valence-electron chi connectivity index (χ1n) is 5.52. The van der Waals surface area contributed by atoms with Crippen molar-refractivity contribution < 1.29 is 9.90 Å². The average molecular weight is 274 g/mol. The van der Waals surface area contributed by atoms with Gasteiger partial charge < -0.3 is 10.4 Å². The van der Waals surface area contributed by atoms with Crippen molar-refractivity contribution in [3.63, 3.8) is 0 Å². The number of likely N-dealkylation sites (N-methyl/N-ethyl adjacent to an activating group) is 1. The number of nitrogens with zero attached hydrogens (tertiary/aromatic N) is 1. The Morgan fingerprint density at radius 1 is 1.76 bits per heavy atom. The first kappa shape index (κ1) is 14.5. The lowest BCUT2D eigenvalue weighted by Gasteiger charge is -2.28. The zero-order valence-corrected chi connectivity index (χ0v) is 11.9. The van der Waals surface area contributed by atoms with E-state index in [9.17, 15) is 9.90 Å². The Hall–Kier alpha value is -0.590. The summed E-state index contributed by atoms with van der Waals surface area (Å²) in [4.78, 5) is 15.5. The van der Waals surface area contributed by atoms with Crippen LogP contribution in [0.1, 0.15) is 27.2 Å². The number of carboxylic acids is 1. The Kier molecular flexibility index (Phi) is 5.42. The Morgan fingerprint density at radius 3 is 2.94 bits per heavy atom. The van der Waals surface area contributed by atoms with Crippen molar-refractivity contribution in [2.75, 3.05) is 6.54 Å². The maximum atomic E-state index is 11.3. The topological polar surface area (TPSA) is 62.2 Å². The number of carboxylic acid groups (broad SMARTS) is 1. The van der Waals surface area contributed by atoms with Gasteiger partial charge in [0.2, 0.25) is 0 Å². The minimum absolute atomic E-state index is 0.210. The molecule has 1 heterocycles. The fourth-order valence-corrected chi connectivity index (χ4v) is 3.81. The number of rotatable bonds is 7. The van der Waals surface area contributed by atoms with Gasteiger partial charge in [-0.2, -0.15) is 0 Å². The molecule has 1 rings (SSSR count). The molecule has 0 saturated heterocycles. The van der Waals surface area contributed by atoms with Crippen LogP contribution < -0.4 is 5.32 Å². The van der Waals surface area contributed by atoms with E-state index in [1.54, 1.807) is 36.2 Å². The van der Waals surface area contributed by atoms with Crippen molar-refractivity contribution >= 4 is 29.1 Å². The van der Waals surface area contributed by atoms with Crippen molar-refractivity contribution in [2.24, 2.45) is 0 Å². The first-order chi connectivity index (χ1) is 7.98. The van der Waals surface area contributed by atoms with Crippen LogP contribution in [0.15, 0.2) is 15.9 Å². The van der Waals surface area contributed by atoms with Gasteiger partial charge in [0.05, 0.1) is 0 Å². The summed E-state index contributed by atoms with van der Waals surface area (Å²) < 4.78 is 0.988. The van der Waals surface area contributed by atoms with Crippen molar-refractivity contribution in [3.8, 4) is 0 Å². The quantitative estimate of drug-likeness (QED) is 0.748. The van der Waals surface area contributed by atoms with E-state index in [2.05, 4.69) is 10.3 Å². The summed E-state index contributed by atoms with van der Waals surface area (Å²) in [5, 5.41) is 14.4. The van der Waals surface area contributed by atoms with Crippen molar-refractivity contribution in [3.05, 3.63) is 11.6 Å². The van der Waals surface area contributed by atoms with Gasteiger partial charge in [-0.3, -0.25) is 4.79 Å². The van der Waals surface area contributed by atoms with E-state index in [1.807, 2.05) is 19.2 Å². The molecule has 17 heavy (non-hydrogen) atoms. The Balaban J connectivity index is 2.58. The highest BCUT2D eigenvalue weighted by Gasteiger charge is 2.34. The highest BCUT2D eigenvalue weighted by molar-refractivity contribution is 8.01. The zero-order valence-electron chi connectivity index (χ0n) is 10.3. The number of aliphatic carboxylic acids is 1. The Morgan fingerprint density at radius 2 is 2.47 bits per heavy atom. The lowest BCUT2D eigenvalue weighted by Crippen LogP contribution is -2.50. The molecule has 0 saturated carbocycles. The molecule has 0 aliphatic rings. The van der Waals surface area contributed by atoms with Gasteiger partial charge in [0, 0.05) is 16.8 Å². The molecule has 96 valence electrons. The second-order valence-electron chi connectivity index (χ2n) is 4.10. The van der Waals surface area contributed by atoms with E-state index in [1.165, 1.54) is 0 Å². The second kappa shape index (κ2) is 6.37. The van der Waals surface area contributed by atoms with Crippen LogP contribution in [0.2, 0.25) is 0 Å².